The molecule has 5 nitrogen and oxygen atoms in total. The van der Waals surface area contributed by atoms with Crippen molar-refractivity contribution in [1.29, 1.82) is 0 Å². The van der Waals surface area contributed by atoms with Crippen LogP contribution in [0.3, 0.4) is 0 Å². The maximum Gasteiger partial charge on any atom is 0.244 e. The van der Waals surface area contributed by atoms with Gasteiger partial charge in [0.05, 0.1) is 6.61 Å². The van der Waals surface area contributed by atoms with Crippen molar-refractivity contribution in [1.82, 2.24) is 4.72 Å². The fourth-order valence-corrected chi connectivity index (χ4v) is 3.76. The number of aryl methyl sites for hydroxylation is 2. The van der Waals surface area contributed by atoms with Gasteiger partial charge in [-0.2, -0.15) is 0 Å². The van der Waals surface area contributed by atoms with Gasteiger partial charge in [0.1, 0.15) is 16.4 Å². The largest absolute Gasteiger partial charge is 0.465 e. The summed E-state index contributed by atoms with van der Waals surface area (Å²) in [6.45, 7) is 3.15. The first-order valence-corrected chi connectivity index (χ1v) is 8.17. The minimum Gasteiger partial charge on any atom is -0.465 e. The molecule has 6 heteroatoms. The molecule has 0 atom stereocenters. The van der Waals surface area contributed by atoms with Crippen LogP contribution in [0, 0.1) is 13.8 Å². The van der Waals surface area contributed by atoms with Crippen molar-refractivity contribution in [2.75, 3.05) is 6.54 Å². The highest BCUT2D eigenvalue weighted by Crippen LogP contribution is 2.26. The first kappa shape index (κ1) is 15.8. The van der Waals surface area contributed by atoms with Crippen LogP contribution in [0.4, 0.5) is 0 Å². The summed E-state index contributed by atoms with van der Waals surface area (Å²) in [6.07, 6.45) is 0.602. The molecule has 0 radical (unpaired) electrons. The zero-order valence-electron chi connectivity index (χ0n) is 12.1. The van der Waals surface area contributed by atoms with Crippen molar-refractivity contribution in [3.8, 4) is 0 Å². The fourth-order valence-electron chi connectivity index (χ4n) is 2.29. The molecule has 2 aromatic rings. The van der Waals surface area contributed by atoms with E-state index in [-0.39, 0.29) is 11.5 Å². The molecule has 0 aliphatic heterocycles. The van der Waals surface area contributed by atoms with Crippen molar-refractivity contribution in [3.05, 3.63) is 53.0 Å². The molecule has 2 N–H and O–H groups in total. The highest BCUT2D eigenvalue weighted by Gasteiger charge is 2.25. The second kappa shape index (κ2) is 6.43. The Kier molecular flexibility index (Phi) is 4.82. The molecule has 0 amide bonds. The Labute approximate surface area is 124 Å². The van der Waals surface area contributed by atoms with Crippen molar-refractivity contribution < 1.29 is 17.9 Å². The third-order valence-corrected chi connectivity index (χ3v) is 4.96. The summed E-state index contributed by atoms with van der Waals surface area (Å²) in [7, 11) is -3.69. The van der Waals surface area contributed by atoms with Gasteiger partial charge >= 0.3 is 0 Å². The Morgan fingerprint density at radius 2 is 1.81 bits per heavy atom. The normalized spacial score (nSPS) is 11.8. The smallest absolute Gasteiger partial charge is 0.244 e. The predicted octanol–water partition coefficient (Wildman–Crippen LogP) is 1.91. The van der Waals surface area contributed by atoms with Gasteiger partial charge in [0.2, 0.25) is 10.0 Å². The summed E-state index contributed by atoms with van der Waals surface area (Å²) >= 11 is 0. The molecule has 0 saturated heterocycles. The van der Waals surface area contributed by atoms with Crippen LogP contribution in [0.15, 0.2) is 39.6 Å². The van der Waals surface area contributed by atoms with Crippen molar-refractivity contribution >= 4 is 10.0 Å². The molecule has 114 valence electrons. The van der Waals surface area contributed by atoms with E-state index >= 15 is 0 Å². The van der Waals surface area contributed by atoms with Crippen molar-refractivity contribution in [3.63, 3.8) is 0 Å². The quantitative estimate of drug-likeness (QED) is 0.854. The van der Waals surface area contributed by atoms with Crippen LogP contribution in [0.25, 0.3) is 0 Å². The van der Waals surface area contributed by atoms with E-state index in [9.17, 15) is 13.5 Å². The lowest BCUT2D eigenvalue weighted by Crippen LogP contribution is -2.27. The Hall–Kier alpha value is -1.63. The number of aliphatic hydroxyl groups is 1. The van der Waals surface area contributed by atoms with E-state index in [0.29, 0.717) is 30.0 Å². The van der Waals surface area contributed by atoms with Gasteiger partial charge in [0, 0.05) is 12.1 Å². The lowest BCUT2D eigenvalue weighted by Gasteiger charge is -2.07. The van der Waals surface area contributed by atoms with Crippen LogP contribution in [-0.4, -0.2) is 20.1 Å². The van der Waals surface area contributed by atoms with Crippen molar-refractivity contribution in [2.45, 2.75) is 31.8 Å². The minimum atomic E-state index is -3.69. The molecule has 0 spiro atoms. The van der Waals surface area contributed by atoms with E-state index in [1.807, 2.05) is 30.3 Å². The van der Waals surface area contributed by atoms with Gasteiger partial charge in [0.15, 0.2) is 0 Å². The molecule has 0 fully saturated rings. The number of hydrogen-bond donors (Lipinski definition) is 2. The SMILES string of the molecule is Cc1oc(C)c(S(=O)(=O)NCCc2ccccc2)c1CO. The molecule has 21 heavy (non-hydrogen) atoms. The third-order valence-electron chi connectivity index (χ3n) is 3.30. The molecule has 0 aliphatic carbocycles. The van der Waals surface area contributed by atoms with E-state index in [0.717, 1.165) is 5.56 Å². The van der Waals surface area contributed by atoms with Crippen LogP contribution in [0.2, 0.25) is 0 Å². The van der Waals surface area contributed by atoms with Crippen LogP contribution in [-0.2, 0) is 23.1 Å². The van der Waals surface area contributed by atoms with E-state index in [4.69, 9.17) is 4.42 Å². The average molecular weight is 309 g/mol. The van der Waals surface area contributed by atoms with Gasteiger partial charge in [-0.05, 0) is 25.8 Å². The van der Waals surface area contributed by atoms with Gasteiger partial charge in [0.25, 0.3) is 0 Å². The number of furan rings is 1. The van der Waals surface area contributed by atoms with E-state index in [2.05, 4.69) is 4.72 Å². The second-order valence-electron chi connectivity index (χ2n) is 4.81. The topological polar surface area (TPSA) is 79.5 Å². The predicted molar refractivity (Wildman–Crippen MR) is 79.4 cm³/mol. The number of aliphatic hydroxyl groups excluding tert-OH is 1. The summed E-state index contributed by atoms with van der Waals surface area (Å²) in [5.41, 5.74) is 1.38. The zero-order valence-corrected chi connectivity index (χ0v) is 12.9. The number of benzene rings is 1. The highest BCUT2D eigenvalue weighted by atomic mass is 32.2. The molecule has 0 aliphatic rings. The van der Waals surface area contributed by atoms with Crippen molar-refractivity contribution in [2.24, 2.45) is 0 Å². The number of hydrogen-bond acceptors (Lipinski definition) is 4. The Bertz CT molecular complexity index is 705. The van der Waals surface area contributed by atoms with Crippen LogP contribution < -0.4 is 4.72 Å². The summed E-state index contributed by atoms with van der Waals surface area (Å²) in [4.78, 5) is 0.0514. The molecule has 1 heterocycles. The van der Waals surface area contributed by atoms with Gasteiger partial charge in [-0.1, -0.05) is 30.3 Å². The summed E-state index contributed by atoms with van der Waals surface area (Å²) in [5, 5.41) is 9.33. The minimum absolute atomic E-state index is 0.0514. The van der Waals surface area contributed by atoms with E-state index in [1.54, 1.807) is 13.8 Å². The number of nitrogens with one attached hydrogen (secondary N) is 1. The maximum absolute atomic E-state index is 12.4. The maximum atomic E-state index is 12.4. The molecule has 0 saturated carbocycles. The van der Waals surface area contributed by atoms with Crippen LogP contribution in [0.1, 0.15) is 22.6 Å². The summed E-state index contributed by atoms with van der Waals surface area (Å²) < 4.78 is 32.6. The van der Waals surface area contributed by atoms with Gasteiger partial charge < -0.3 is 9.52 Å². The Morgan fingerprint density at radius 1 is 1.14 bits per heavy atom. The monoisotopic (exact) mass is 309 g/mol. The zero-order chi connectivity index (χ0) is 15.5. The average Bonchev–Trinajstić information content (AvgIpc) is 2.74. The Morgan fingerprint density at radius 3 is 2.43 bits per heavy atom. The first-order chi connectivity index (χ1) is 9.95. The molecular weight excluding hydrogens is 290 g/mol. The van der Waals surface area contributed by atoms with Crippen LogP contribution >= 0.6 is 0 Å². The molecule has 1 aromatic heterocycles. The fraction of sp³-hybridized carbons (Fsp3) is 0.333. The lowest BCUT2D eigenvalue weighted by atomic mass is 10.2. The standard InChI is InChI=1S/C15H19NO4S/c1-11-14(10-17)15(12(2)20-11)21(18,19)16-9-8-13-6-4-3-5-7-13/h3-7,16-17H,8-10H2,1-2H3. The molecule has 2 rings (SSSR count). The van der Waals surface area contributed by atoms with E-state index < -0.39 is 10.0 Å². The van der Waals surface area contributed by atoms with Gasteiger partial charge in [-0.25, -0.2) is 13.1 Å². The third kappa shape index (κ3) is 3.53. The molecule has 0 bridgehead atoms. The molecular formula is C15H19NO4S. The first-order valence-electron chi connectivity index (χ1n) is 6.69. The highest BCUT2D eigenvalue weighted by molar-refractivity contribution is 7.89. The molecule has 1 aromatic carbocycles. The number of sulfonamides is 1. The van der Waals surface area contributed by atoms with Crippen LogP contribution in [0.5, 0.6) is 0 Å². The Balaban J connectivity index is 2.12. The van der Waals surface area contributed by atoms with Gasteiger partial charge in [-0.15, -0.1) is 0 Å². The second-order valence-corrected chi connectivity index (χ2v) is 6.52. The molecule has 0 unspecified atom stereocenters. The number of rotatable bonds is 6. The van der Waals surface area contributed by atoms with E-state index in [1.165, 1.54) is 0 Å². The summed E-state index contributed by atoms with van der Waals surface area (Å²) in [5.74, 6) is 0.724. The summed E-state index contributed by atoms with van der Waals surface area (Å²) in [6, 6.07) is 9.63. The van der Waals surface area contributed by atoms with Gasteiger partial charge in [-0.3, -0.25) is 0 Å². The lowest BCUT2D eigenvalue weighted by molar-refractivity contribution is 0.276.